The molecule has 21 heavy (non-hydrogen) atoms. The van der Waals surface area contributed by atoms with Crippen LogP contribution >= 0.6 is 11.3 Å². The number of aliphatic hydroxyl groups excluding tert-OH is 1. The Bertz CT molecular complexity index is 647. The third-order valence-electron chi connectivity index (χ3n) is 2.87. The lowest BCUT2D eigenvalue weighted by atomic mass is 10.1. The molecule has 1 aromatic carbocycles. The van der Waals surface area contributed by atoms with Gasteiger partial charge in [-0.1, -0.05) is 0 Å². The van der Waals surface area contributed by atoms with Crippen molar-refractivity contribution in [3.8, 4) is 6.07 Å². The highest BCUT2D eigenvalue weighted by atomic mass is 32.1. The molecule has 0 radical (unpaired) electrons. The van der Waals surface area contributed by atoms with E-state index in [-0.39, 0.29) is 6.54 Å². The van der Waals surface area contributed by atoms with Crippen LogP contribution in [-0.4, -0.2) is 11.7 Å². The predicted octanol–water partition coefficient (Wildman–Crippen LogP) is 3.78. The second kappa shape index (κ2) is 6.16. The van der Waals surface area contributed by atoms with Gasteiger partial charge in [0.1, 0.15) is 0 Å². The minimum Gasteiger partial charge on any atom is -0.387 e. The van der Waals surface area contributed by atoms with Gasteiger partial charge in [0.25, 0.3) is 0 Å². The number of hydrogen-bond acceptors (Lipinski definition) is 4. The molecule has 3 nitrogen and oxygen atoms in total. The summed E-state index contributed by atoms with van der Waals surface area (Å²) in [5, 5.41) is 25.1. The lowest BCUT2D eigenvalue weighted by Gasteiger charge is -2.14. The number of alkyl halides is 3. The molecule has 0 saturated heterocycles. The Morgan fingerprint density at radius 3 is 2.67 bits per heavy atom. The third-order valence-corrected chi connectivity index (χ3v) is 3.57. The molecule has 0 aliphatic heterocycles. The Balaban J connectivity index is 2.10. The van der Waals surface area contributed by atoms with Crippen LogP contribution in [0.1, 0.15) is 22.8 Å². The molecule has 0 spiro atoms. The van der Waals surface area contributed by atoms with E-state index in [1.54, 1.807) is 11.4 Å². The van der Waals surface area contributed by atoms with Gasteiger partial charge in [0.05, 0.1) is 23.3 Å². The Labute approximate surface area is 123 Å². The molecule has 1 atom stereocenters. The van der Waals surface area contributed by atoms with Crippen molar-refractivity contribution in [2.24, 2.45) is 0 Å². The fourth-order valence-electron chi connectivity index (χ4n) is 1.79. The average Bonchev–Trinajstić information content (AvgIpc) is 2.97. The maximum Gasteiger partial charge on any atom is 0.417 e. The van der Waals surface area contributed by atoms with Crippen molar-refractivity contribution in [3.05, 3.63) is 51.7 Å². The largest absolute Gasteiger partial charge is 0.417 e. The highest BCUT2D eigenvalue weighted by Crippen LogP contribution is 2.33. The molecule has 0 bridgehead atoms. The molecule has 2 N–H and O–H groups in total. The van der Waals surface area contributed by atoms with E-state index in [1.807, 2.05) is 5.38 Å². The summed E-state index contributed by atoms with van der Waals surface area (Å²) in [6.07, 6.45) is -5.32. The molecule has 0 fully saturated rings. The van der Waals surface area contributed by atoms with Crippen molar-refractivity contribution in [3.63, 3.8) is 0 Å². The summed E-state index contributed by atoms with van der Waals surface area (Å²) in [5.74, 6) is 0. The number of hydrogen-bond donors (Lipinski definition) is 2. The first kappa shape index (κ1) is 15.4. The first-order valence-corrected chi connectivity index (χ1v) is 6.91. The predicted molar refractivity (Wildman–Crippen MR) is 73.9 cm³/mol. The summed E-state index contributed by atoms with van der Waals surface area (Å²) in [4.78, 5) is 0. The SMILES string of the molecule is N#Cc1cc(NCC(O)c2ccsc2)ccc1C(F)(F)F. The minimum atomic E-state index is -4.56. The first-order chi connectivity index (χ1) is 9.91. The third kappa shape index (κ3) is 3.74. The average molecular weight is 312 g/mol. The van der Waals surface area contributed by atoms with Gasteiger partial charge in [-0.2, -0.15) is 29.8 Å². The smallest absolute Gasteiger partial charge is 0.387 e. The van der Waals surface area contributed by atoms with Gasteiger partial charge < -0.3 is 10.4 Å². The van der Waals surface area contributed by atoms with Crippen molar-refractivity contribution in [1.29, 1.82) is 5.26 Å². The molecule has 0 saturated carbocycles. The maximum atomic E-state index is 12.7. The summed E-state index contributed by atoms with van der Waals surface area (Å²) in [6.45, 7) is 0.146. The molecule has 2 rings (SSSR count). The van der Waals surface area contributed by atoms with E-state index in [9.17, 15) is 18.3 Å². The van der Waals surface area contributed by atoms with Gasteiger partial charge in [0, 0.05) is 12.2 Å². The van der Waals surface area contributed by atoms with Gasteiger partial charge in [0.15, 0.2) is 0 Å². The van der Waals surface area contributed by atoms with Crippen LogP contribution in [-0.2, 0) is 6.18 Å². The number of halogens is 3. The van der Waals surface area contributed by atoms with E-state index in [4.69, 9.17) is 5.26 Å². The minimum absolute atomic E-state index is 0.146. The number of rotatable bonds is 4. The zero-order chi connectivity index (χ0) is 15.5. The fraction of sp³-hybridized carbons (Fsp3) is 0.214. The quantitative estimate of drug-likeness (QED) is 0.903. The highest BCUT2D eigenvalue weighted by molar-refractivity contribution is 7.07. The van der Waals surface area contributed by atoms with Crippen molar-refractivity contribution < 1.29 is 18.3 Å². The number of anilines is 1. The van der Waals surface area contributed by atoms with Crippen LogP contribution in [0.5, 0.6) is 0 Å². The van der Waals surface area contributed by atoms with Crippen LogP contribution in [0.25, 0.3) is 0 Å². The Kier molecular flexibility index (Phi) is 4.50. The van der Waals surface area contributed by atoms with Crippen molar-refractivity contribution in [2.75, 3.05) is 11.9 Å². The van der Waals surface area contributed by atoms with Crippen molar-refractivity contribution in [2.45, 2.75) is 12.3 Å². The van der Waals surface area contributed by atoms with Crippen LogP contribution in [0.2, 0.25) is 0 Å². The van der Waals surface area contributed by atoms with Crippen LogP contribution in [0.15, 0.2) is 35.0 Å². The summed E-state index contributed by atoms with van der Waals surface area (Å²) in [7, 11) is 0. The van der Waals surface area contributed by atoms with E-state index in [0.29, 0.717) is 5.69 Å². The lowest BCUT2D eigenvalue weighted by molar-refractivity contribution is -0.137. The molecule has 7 heteroatoms. The zero-order valence-electron chi connectivity index (χ0n) is 10.7. The number of aliphatic hydroxyl groups is 1. The van der Waals surface area contributed by atoms with Crippen LogP contribution in [0, 0.1) is 11.3 Å². The van der Waals surface area contributed by atoms with Crippen molar-refractivity contribution >= 4 is 17.0 Å². The summed E-state index contributed by atoms with van der Waals surface area (Å²) in [5.41, 5.74) is -0.319. The van der Waals surface area contributed by atoms with E-state index in [1.165, 1.54) is 23.5 Å². The van der Waals surface area contributed by atoms with E-state index in [2.05, 4.69) is 5.32 Å². The molecular formula is C14H11F3N2OS. The van der Waals surface area contributed by atoms with Gasteiger partial charge in [-0.05, 0) is 40.6 Å². The monoisotopic (exact) mass is 312 g/mol. The van der Waals surface area contributed by atoms with Gasteiger partial charge >= 0.3 is 6.18 Å². The van der Waals surface area contributed by atoms with Gasteiger partial charge in [0.2, 0.25) is 0 Å². The molecule has 1 unspecified atom stereocenters. The number of nitriles is 1. The Morgan fingerprint density at radius 2 is 2.10 bits per heavy atom. The number of thiophene rings is 1. The molecule has 0 aliphatic rings. The summed E-state index contributed by atoms with van der Waals surface area (Å²) in [6, 6.07) is 6.53. The van der Waals surface area contributed by atoms with Crippen LogP contribution in [0.3, 0.4) is 0 Å². The molecular weight excluding hydrogens is 301 g/mol. The molecule has 0 amide bonds. The normalized spacial score (nSPS) is 12.7. The Hall–Kier alpha value is -2.04. The highest BCUT2D eigenvalue weighted by Gasteiger charge is 2.33. The molecule has 1 heterocycles. The molecule has 1 aromatic heterocycles. The van der Waals surface area contributed by atoms with Crippen LogP contribution < -0.4 is 5.32 Å². The number of benzene rings is 1. The number of nitrogens with one attached hydrogen (secondary N) is 1. The standard InChI is InChI=1S/C14H11F3N2OS/c15-14(16,17)12-2-1-11(5-10(12)6-18)19-7-13(20)9-3-4-21-8-9/h1-5,8,13,19-20H,7H2. The first-order valence-electron chi connectivity index (χ1n) is 5.97. The van der Waals surface area contributed by atoms with E-state index in [0.717, 1.165) is 17.7 Å². The van der Waals surface area contributed by atoms with Gasteiger partial charge in [-0.25, -0.2) is 0 Å². The number of nitrogens with zero attached hydrogens (tertiary/aromatic N) is 1. The summed E-state index contributed by atoms with van der Waals surface area (Å²) >= 11 is 1.44. The second-order valence-electron chi connectivity index (χ2n) is 4.32. The lowest BCUT2D eigenvalue weighted by Crippen LogP contribution is -2.13. The van der Waals surface area contributed by atoms with E-state index < -0.39 is 23.4 Å². The van der Waals surface area contributed by atoms with Crippen LogP contribution in [0.4, 0.5) is 18.9 Å². The fourth-order valence-corrected chi connectivity index (χ4v) is 2.50. The van der Waals surface area contributed by atoms with Gasteiger partial charge in [-0.3, -0.25) is 0 Å². The maximum absolute atomic E-state index is 12.7. The molecule has 110 valence electrons. The summed E-state index contributed by atoms with van der Waals surface area (Å²) < 4.78 is 38.0. The zero-order valence-corrected chi connectivity index (χ0v) is 11.5. The molecule has 2 aromatic rings. The van der Waals surface area contributed by atoms with Gasteiger partial charge in [-0.15, -0.1) is 0 Å². The molecule has 0 aliphatic carbocycles. The Morgan fingerprint density at radius 1 is 1.33 bits per heavy atom. The van der Waals surface area contributed by atoms with E-state index >= 15 is 0 Å². The van der Waals surface area contributed by atoms with Crippen molar-refractivity contribution in [1.82, 2.24) is 0 Å². The topological polar surface area (TPSA) is 56.0 Å². The second-order valence-corrected chi connectivity index (χ2v) is 5.10.